The molecule has 0 unspecified atom stereocenters. The minimum Gasteiger partial charge on any atom is -0.294 e. The van der Waals surface area contributed by atoms with E-state index in [1.165, 1.54) is 0 Å². The highest BCUT2D eigenvalue weighted by atomic mass is 79.9. The smallest absolute Gasteiger partial charge is 0.165 e. The number of benzene rings is 1. The molecule has 0 aliphatic rings. The van der Waals surface area contributed by atoms with E-state index in [2.05, 4.69) is 15.9 Å². The largest absolute Gasteiger partial charge is 0.294 e. The van der Waals surface area contributed by atoms with E-state index in [1.54, 1.807) is 24.3 Å². The third kappa shape index (κ3) is 4.13. The van der Waals surface area contributed by atoms with Gasteiger partial charge in [0.2, 0.25) is 0 Å². The standard InChI is InChI=1S/C10H11BrO3S/c1-15(13,14)7-6-10(12)8-4-2-3-5-9(8)11/h2-5H,6-7H2,1H3. The van der Waals surface area contributed by atoms with Crippen LogP contribution in [0.15, 0.2) is 28.7 Å². The molecule has 0 saturated carbocycles. The Bertz CT molecular complexity index is 465. The van der Waals surface area contributed by atoms with Crippen LogP contribution in [0, 0.1) is 0 Å². The molecule has 5 heteroatoms. The van der Waals surface area contributed by atoms with Gasteiger partial charge in [-0.3, -0.25) is 4.79 Å². The lowest BCUT2D eigenvalue weighted by Gasteiger charge is -2.02. The number of sulfone groups is 1. The molecule has 0 heterocycles. The summed E-state index contributed by atoms with van der Waals surface area (Å²) >= 11 is 3.25. The van der Waals surface area contributed by atoms with Gasteiger partial charge >= 0.3 is 0 Å². The molecule has 1 rings (SSSR count). The summed E-state index contributed by atoms with van der Waals surface area (Å²) in [6.07, 6.45) is 1.15. The van der Waals surface area contributed by atoms with Gasteiger partial charge in [-0.1, -0.05) is 34.1 Å². The molecule has 0 aliphatic heterocycles. The Balaban J connectivity index is 2.75. The minimum atomic E-state index is -3.08. The van der Waals surface area contributed by atoms with E-state index in [0.717, 1.165) is 6.26 Å². The lowest BCUT2D eigenvalue weighted by Crippen LogP contribution is -2.09. The van der Waals surface area contributed by atoms with E-state index >= 15 is 0 Å². The molecule has 0 saturated heterocycles. The molecule has 0 fully saturated rings. The van der Waals surface area contributed by atoms with Gasteiger partial charge in [0, 0.05) is 22.7 Å². The van der Waals surface area contributed by atoms with Crippen LogP contribution in [0.5, 0.6) is 0 Å². The molecular weight excluding hydrogens is 280 g/mol. The van der Waals surface area contributed by atoms with Gasteiger partial charge in [0.15, 0.2) is 5.78 Å². The van der Waals surface area contributed by atoms with Gasteiger partial charge in [-0.05, 0) is 6.07 Å². The van der Waals surface area contributed by atoms with Crippen LogP contribution in [-0.2, 0) is 9.84 Å². The van der Waals surface area contributed by atoms with Crippen LogP contribution >= 0.6 is 15.9 Å². The fourth-order valence-corrected chi connectivity index (χ4v) is 2.16. The molecule has 82 valence electrons. The van der Waals surface area contributed by atoms with Crippen LogP contribution in [0.1, 0.15) is 16.8 Å². The van der Waals surface area contributed by atoms with E-state index in [0.29, 0.717) is 10.0 Å². The second kappa shape index (κ2) is 4.90. The zero-order valence-corrected chi connectivity index (χ0v) is 10.6. The summed E-state index contributed by atoms with van der Waals surface area (Å²) in [6.45, 7) is 0. The van der Waals surface area contributed by atoms with Crippen molar-refractivity contribution in [2.75, 3.05) is 12.0 Å². The highest BCUT2D eigenvalue weighted by Gasteiger charge is 2.12. The highest BCUT2D eigenvalue weighted by Crippen LogP contribution is 2.17. The maximum absolute atomic E-state index is 11.6. The van der Waals surface area contributed by atoms with E-state index < -0.39 is 9.84 Å². The number of carbonyl (C=O) groups is 1. The summed E-state index contributed by atoms with van der Waals surface area (Å²) in [6, 6.07) is 6.98. The van der Waals surface area contributed by atoms with Gasteiger partial charge in [0.25, 0.3) is 0 Å². The van der Waals surface area contributed by atoms with Crippen LogP contribution in [0.3, 0.4) is 0 Å². The van der Waals surface area contributed by atoms with Crippen LogP contribution in [-0.4, -0.2) is 26.2 Å². The molecule has 0 amide bonds. The number of carbonyl (C=O) groups excluding carboxylic acids is 1. The fraction of sp³-hybridized carbons (Fsp3) is 0.300. The van der Waals surface area contributed by atoms with Gasteiger partial charge in [-0.15, -0.1) is 0 Å². The molecule has 0 atom stereocenters. The molecule has 0 spiro atoms. The maximum atomic E-state index is 11.6. The number of Topliss-reactive ketones (excluding diaryl/α,β-unsaturated/α-hetero) is 1. The monoisotopic (exact) mass is 290 g/mol. The van der Waals surface area contributed by atoms with Gasteiger partial charge in [-0.2, -0.15) is 0 Å². The van der Waals surface area contributed by atoms with Crippen molar-refractivity contribution in [1.29, 1.82) is 0 Å². The predicted molar refractivity (Wildman–Crippen MR) is 62.8 cm³/mol. The van der Waals surface area contributed by atoms with Gasteiger partial charge in [0.1, 0.15) is 9.84 Å². The minimum absolute atomic E-state index is 0.0292. The molecule has 0 bridgehead atoms. The third-order valence-corrected chi connectivity index (χ3v) is 3.51. The first-order chi connectivity index (χ1) is 6.90. The Kier molecular flexibility index (Phi) is 4.04. The van der Waals surface area contributed by atoms with Crippen molar-refractivity contribution in [3.8, 4) is 0 Å². The lowest BCUT2D eigenvalue weighted by molar-refractivity contribution is 0.0988. The van der Waals surface area contributed by atoms with Gasteiger partial charge in [-0.25, -0.2) is 8.42 Å². The van der Waals surface area contributed by atoms with Crippen molar-refractivity contribution in [2.24, 2.45) is 0 Å². The molecule has 0 aliphatic carbocycles. The van der Waals surface area contributed by atoms with Crippen LogP contribution < -0.4 is 0 Å². The molecule has 0 N–H and O–H groups in total. The fourth-order valence-electron chi connectivity index (χ4n) is 1.10. The highest BCUT2D eigenvalue weighted by molar-refractivity contribution is 9.10. The van der Waals surface area contributed by atoms with Crippen molar-refractivity contribution in [3.63, 3.8) is 0 Å². The van der Waals surface area contributed by atoms with Crippen molar-refractivity contribution in [2.45, 2.75) is 6.42 Å². The van der Waals surface area contributed by atoms with E-state index in [9.17, 15) is 13.2 Å². The zero-order chi connectivity index (χ0) is 11.5. The quantitative estimate of drug-likeness (QED) is 0.798. The van der Waals surface area contributed by atoms with Crippen molar-refractivity contribution in [1.82, 2.24) is 0 Å². The van der Waals surface area contributed by atoms with Gasteiger partial charge in [0.05, 0.1) is 5.75 Å². The molecule has 1 aromatic carbocycles. The Hall–Kier alpha value is -0.680. The molecule has 0 radical (unpaired) electrons. The Morgan fingerprint density at radius 1 is 1.33 bits per heavy atom. The topological polar surface area (TPSA) is 51.2 Å². The Morgan fingerprint density at radius 2 is 1.93 bits per heavy atom. The molecular formula is C10H11BrO3S. The summed E-state index contributed by atoms with van der Waals surface area (Å²) in [5.74, 6) is -0.263. The van der Waals surface area contributed by atoms with Crippen molar-refractivity contribution >= 4 is 31.6 Å². The zero-order valence-electron chi connectivity index (χ0n) is 8.23. The van der Waals surface area contributed by atoms with E-state index in [-0.39, 0.29) is 18.0 Å². The molecule has 1 aromatic rings. The summed E-state index contributed by atoms with van der Waals surface area (Å²) in [7, 11) is -3.08. The molecule has 0 aromatic heterocycles. The number of ketones is 1. The third-order valence-electron chi connectivity index (χ3n) is 1.87. The van der Waals surface area contributed by atoms with E-state index in [1.807, 2.05) is 0 Å². The number of rotatable bonds is 4. The number of halogens is 1. The van der Waals surface area contributed by atoms with Crippen LogP contribution in [0.2, 0.25) is 0 Å². The maximum Gasteiger partial charge on any atom is 0.165 e. The molecule has 15 heavy (non-hydrogen) atoms. The van der Waals surface area contributed by atoms with E-state index in [4.69, 9.17) is 0 Å². The SMILES string of the molecule is CS(=O)(=O)CCC(=O)c1ccccc1Br. The predicted octanol–water partition coefficient (Wildman–Crippen LogP) is 2.07. The van der Waals surface area contributed by atoms with Crippen molar-refractivity contribution < 1.29 is 13.2 Å². The molecule has 3 nitrogen and oxygen atoms in total. The first kappa shape index (κ1) is 12.4. The Labute approximate surface area is 97.5 Å². The van der Waals surface area contributed by atoms with Crippen LogP contribution in [0.4, 0.5) is 0 Å². The van der Waals surface area contributed by atoms with Crippen molar-refractivity contribution in [3.05, 3.63) is 34.3 Å². The van der Waals surface area contributed by atoms with Gasteiger partial charge < -0.3 is 0 Å². The summed E-state index contributed by atoms with van der Waals surface area (Å²) in [4.78, 5) is 11.6. The number of hydrogen-bond acceptors (Lipinski definition) is 3. The second-order valence-corrected chi connectivity index (χ2v) is 6.40. The lowest BCUT2D eigenvalue weighted by atomic mass is 10.1. The second-order valence-electron chi connectivity index (χ2n) is 3.28. The summed E-state index contributed by atoms with van der Waals surface area (Å²) in [5, 5.41) is 0. The average molecular weight is 291 g/mol. The summed E-state index contributed by atoms with van der Waals surface area (Å²) < 4.78 is 22.5. The normalized spacial score (nSPS) is 11.3. The average Bonchev–Trinajstić information content (AvgIpc) is 2.14. The summed E-state index contributed by atoms with van der Waals surface area (Å²) in [5.41, 5.74) is 0.529. The first-order valence-corrected chi connectivity index (χ1v) is 7.21. The van der Waals surface area contributed by atoms with Crippen LogP contribution in [0.25, 0.3) is 0 Å². The number of hydrogen-bond donors (Lipinski definition) is 0. The Morgan fingerprint density at radius 3 is 2.47 bits per heavy atom. The first-order valence-electron chi connectivity index (χ1n) is 4.35.